The van der Waals surface area contributed by atoms with Crippen LogP contribution in [0.4, 0.5) is 0 Å². The number of benzene rings is 1. The van der Waals surface area contributed by atoms with Crippen molar-refractivity contribution in [2.45, 2.75) is 30.1 Å². The zero-order valence-corrected chi connectivity index (χ0v) is 11.1. The molecule has 1 aliphatic carbocycles. The lowest BCUT2D eigenvalue weighted by Crippen LogP contribution is -2.35. The molecule has 1 fully saturated rings. The van der Waals surface area contributed by atoms with Crippen LogP contribution in [0.25, 0.3) is 0 Å². The Labute approximate surface area is 107 Å². The number of thioether (sulfide) groups is 1. The molecule has 1 aromatic rings. The van der Waals surface area contributed by atoms with Gasteiger partial charge in [0.25, 0.3) is 0 Å². The number of rotatable bonds is 5. The Morgan fingerprint density at radius 1 is 1.41 bits per heavy atom. The lowest BCUT2D eigenvalue weighted by Gasteiger charge is -2.16. The minimum atomic E-state index is 0.324. The summed E-state index contributed by atoms with van der Waals surface area (Å²) in [4.78, 5) is 0. The highest BCUT2D eigenvalue weighted by molar-refractivity contribution is 8.00. The van der Waals surface area contributed by atoms with Gasteiger partial charge in [0.15, 0.2) is 0 Å². The molecule has 1 saturated carbocycles. The average Bonchev–Trinajstić information content (AvgIpc) is 3.01. The highest BCUT2D eigenvalue weighted by Crippen LogP contribution is 2.46. The molecule has 0 bridgehead atoms. The van der Waals surface area contributed by atoms with Crippen LogP contribution in [-0.4, -0.2) is 30.2 Å². The van der Waals surface area contributed by atoms with E-state index in [2.05, 4.69) is 29.8 Å². The Bertz CT molecular complexity index is 378. The summed E-state index contributed by atoms with van der Waals surface area (Å²) in [5.74, 6) is 1.07. The van der Waals surface area contributed by atoms with Gasteiger partial charge in [-0.15, -0.1) is 0 Å². The van der Waals surface area contributed by atoms with Gasteiger partial charge in [0.2, 0.25) is 0 Å². The molecule has 0 amide bonds. The smallest absolute Gasteiger partial charge is 0.123 e. The second-order valence-electron chi connectivity index (χ2n) is 5.07. The van der Waals surface area contributed by atoms with Crippen LogP contribution in [0.15, 0.2) is 24.3 Å². The highest BCUT2D eigenvalue weighted by Gasteiger charge is 2.41. The number of ether oxygens (including phenoxy) is 1. The molecule has 1 unspecified atom stereocenters. The van der Waals surface area contributed by atoms with Crippen molar-refractivity contribution in [2.24, 2.45) is 0 Å². The van der Waals surface area contributed by atoms with Crippen LogP contribution in [-0.2, 0) is 6.42 Å². The molecule has 3 rings (SSSR count). The predicted octanol–water partition coefficient (Wildman–Crippen LogP) is 2.48. The fourth-order valence-corrected chi connectivity index (χ4v) is 3.18. The fourth-order valence-electron chi connectivity index (χ4n) is 2.42. The van der Waals surface area contributed by atoms with Crippen molar-refractivity contribution in [1.29, 1.82) is 0 Å². The van der Waals surface area contributed by atoms with Crippen molar-refractivity contribution in [3.8, 4) is 5.75 Å². The Morgan fingerprint density at radius 2 is 2.24 bits per heavy atom. The minimum absolute atomic E-state index is 0.324. The molecule has 0 radical (unpaired) electrons. The van der Waals surface area contributed by atoms with Crippen molar-refractivity contribution < 1.29 is 4.74 Å². The van der Waals surface area contributed by atoms with Gasteiger partial charge < -0.3 is 10.1 Å². The fraction of sp³-hybridized carbons (Fsp3) is 0.571. The second-order valence-corrected chi connectivity index (χ2v) is 6.34. The third-order valence-electron chi connectivity index (χ3n) is 3.77. The lowest BCUT2D eigenvalue weighted by atomic mass is 10.1. The SMILES string of the molecule is CSC1(CNCC2Cc3ccccc3O2)CC1. The monoisotopic (exact) mass is 249 g/mol. The van der Waals surface area contributed by atoms with E-state index in [0.29, 0.717) is 10.9 Å². The van der Waals surface area contributed by atoms with E-state index < -0.39 is 0 Å². The summed E-state index contributed by atoms with van der Waals surface area (Å²) < 4.78 is 6.45. The molecule has 92 valence electrons. The third-order valence-corrected chi connectivity index (χ3v) is 5.19. The first-order valence-electron chi connectivity index (χ1n) is 6.32. The summed E-state index contributed by atoms with van der Waals surface area (Å²) in [6.45, 7) is 2.10. The molecule has 1 aromatic carbocycles. The van der Waals surface area contributed by atoms with Gasteiger partial charge in [0.1, 0.15) is 11.9 Å². The van der Waals surface area contributed by atoms with Gasteiger partial charge in [-0.3, -0.25) is 0 Å². The number of hydrogen-bond acceptors (Lipinski definition) is 3. The van der Waals surface area contributed by atoms with Gasteiger partial charge >= 0.3 is 0 Å². The van der Waals surface area contributed by atoms with Gasteiger partial charge in [-0.2, -0.15) is 11.8 Å². The molecule has 0 saturated heterocycles. The van der Waals surface area contributed by atoms with Crippen molar-refractivity contribution in [3.63, 3.8) is 0 Å². The molecular formula is C14H19NOS. The van der Waals surface area contributed by atoms with Gasteiger partial charge in [-0.25, -0.2) is 0 Å². The van der Waals surface area contributed by atoms with Crippen LogP contribution in [0, 0.1) is 0 Å². The van der Waals surface area contributed by atoms with E-state index in [1.54, 1.807) is 0 Å². The van der Waals surface area contributed by atoms with Crippen LogP contribution in [0.3, 0.4) is 0 Å². The molecule has 1 heterocycles. The summed E-state index contributed by atoms with van der Waals surface area (Å²) in [7, 11) is 0. The van der Waals surface area contributed by atoms with E-state index in [9.17, 15) is 0 Å². The van der Waals surface area contributed by atoms with Crippen LogP contribution in [0.1, 0.15) is 18.4 Å². The predicted molar refractivity (Wildman–Crippen MR) is 72.9 cm³/mol. The first-order chi connectivity index (χ1) is 8.31. The Kier molecular flexibility index (Phi) is 3.05. The third kappa shape index (κ3) is 2.45. The van der Waals surface area contributed by atoms with Crippen LogP contribution < -0.4 is 10.1 Å². The van der Waals surface area contributed by atoms with Crippen molar-refractivity contribution >= 4 is 11.8 Å². The lowest BCUT2D eigenvalue weighted by molar-refractivity contribution is 0.228. The van der Waals surface area contributed by atoms with E-state index in [1.165, 1.54) is 18.4 Å². The number of fused-ring (bicyclic) bond motifs is 1. The van der Waals surface area contributed by atoms with Crippen LogP contribution >= 0.6 is 11.8 Å². The molecule has 17 heavy (non-hydrogen) atoms. The van der Waals surface area contributed by atoms with Gasteiger partial charge in [0.05, 0.1) is 0 Å². The number of para-hydroxylation sites is 1. The zero-order valence-electron chi connectivity index (χ0n) is 10.2. The van der Waals surface area contributed by atoms with E-state index in [1.807, 2.05) is 17.8 Å². The normalized spacial score (nSPS) is 24.2. The number of hydrogen-bond donors (Lipinski definition) is 1. The Morgan fingerprint density at radius 3 is 2.94 bits per heavy atom. The molecule has 0 spiro atoms. The van der Waals surface area contributed by atoms with E-state index >= 15 is 0 Å². The molecule has 1 aliphatic heterocycles. The Hall–Kier alpha value is -0.670. The van der Waals surface area contributed by atoms with E-state index in [0.717, 1.165) is 25.3 Å². The molecule has 2 aliphatic rings. The maximum absolute atomic E-state index is 5.91. The molecule has 0 aromatic heterocycles. The topological polar surface area (TPSA) is 21.3 Å². The standard InChI is InChI=1S/C14H19NOS/c1-17-14(6-7-14)10-15-9-12-8-11-4-2-3-5-13(11)16-12/h2-5,12,15H,6-10H2,1H3. The summed E-state index contributed by atoms with van der Waals surface area (Å²) >= 11 is 2.00. The van der Waals surface area contributed by atoms with Crippen molar-refractivity contribution in [3.05, 3.63) is 29.8 Å². The van der Waals surface area contributed by atoms with E-state index in [-0.39, 0.29) is 0 Å². The minimum Gasteiger partial charge on any atom is -0.488 e. The first kappa shape index (κ1) is 11.4. The largest absolute Gasteiger partial charge is 0.488 e. The Balaban J connectivity index is 1.46. The van der Waals surface area contributed by atoms with Crippen molar-refractivity contribution in [2.75, 3.05) is 19.3 Å². The zero-order chi connectivity index (χ0) is 11.7. The summed E-state index contributed by atoms with van der Waals surface area (Å²) in [5, 5.41) is 3.57. The summed E-state index contributed by atoms with van der Waals surface area (Å²) in [5.41, 5.74) is 1.35. The molecule has 3 heteroatoms. The molecule has 2 nitrogen and oxygen atoms in total. The molecular weight excluding hydrogens is 230 g/mol. The molecule has 1 N–H and O–H groups in total. The maximum atomic E-state index is 5.91. The first-order valence-corrected chi connectivity index (χ1v) is 7.54. The van der Waals surface area contributed by atoms with Gasteiger partial charge in [-0.1, -0.05) is 18.2 Å². The highest BCUT2D eigenvalue weighted by atomic mass is 32.2. The second kappa shape index (κ2) is 4.54. The summed E-state index contributed by atoms with van der Waals surface area (Å²) in [6, 6.07) is 8.37. The van der Waals surface area contributed by atoms with Crippen LogP contribution in [0.5, 0.6) is 5.75 Å². The van der Waals surface area contributed by atoms with Crippen LogP contribution in [0.2, 0.25) is 0 Å². The summed E-state index contributed by atoms with van der Waals surface area (Å²) in [6.07, 6.45) is 6.33. The number of nitrogens with one attached hydrogen (secondary N) is 1. The van der Waals surface area contributed by atoms with Gasteiger partial charge in [-0.05, 0) is 30.7 Å². The quantitative estimate of drug-likeness (QED) is 0.866. The van der Waals surface area contributed by atoms with Crippen molar-refractivity contribution in [1.82, 2.24) is 5.32 Å². The maximum Gasteiger partial charge on any atom is 0.123 e. The molecule has 1 atom stereocenters. The van der Waals surface area contributed by atoms with Gasteiger partial charge in [0, 0.05) is 24.3 Å². The average molecular weight is 249 g/mol. The van der Waals surface area contributed by atoms with E-state index in [4.69, 9.17) is 4.74 Å².